The predicted molar refractivity (Wildman–Crippen MR) is 113 cm³/mol. The van der Waals surface area contributed by atoms with E-state index < -0.39 is 17.7 Å². The normalized spacial score (nSPS) is 15.8. The van der Waals surface area contributed by atoms with Crippen LogP contribution in [0, 0.1) is 0 Å². The van der Waals surface area contributed by atoms with Crippen molar-refractivity contribution in [3.63, 3.8) is 0 Å². The van der Waals surface area contributed by atoms with Crippen molar-refractivity contribution in [2.24, 2.45) is 5.73 Å². The molecule has 0 spiro atoms. The van der Waals surface area contributed by atoms with E-state index in [0.29, 0.717) is 48.7 Å². The highest BCUT2D eigenvalue weighted by atomic mass is 19.3. The molecule has 0 saturated carbocycles. The first kappa shape index (κ1) is 22.0. The number of hydrogen-bond donors (Lipinski definition) is 1. The molecule has 0 bridgehead atoms. The molecule has 3 aromatic rings. The lowest BCUT2D eigenvalue weighted by Crippen LogP contribution is -2.36. The summed E-state index contributed by atoms with van der Waals surface area (Å²) in [5, 5.41) is 5.39. The summed E-state index contributed by atoms with van der Waals surface area (Å²) < 4.78 is 39.9. The van der Waals surface area contributed by atoms with E-state index in [1.165, 1.54) is 23.9 Å². The Bertz CT molecular complexity index is 1120. The molecular formula is C21H24F2N6O3. The number of hydrogen-bond acceptors (Lipinski definition) is 7. The Morgan fingerprint density at radius 2 is 2.09 bits per heavy atom. The number of ether oxygens (including phenoxy) is 2. The molecule has 1 atom stereocenters. The molecule has 1 unspecified atom stereocenters. The van der Waals surface area contributed by atoms with Gasteiger partial charge >= 0.3 is 0 Å². The summed E-state index contributed by atoms with van der Waals surface area (Å²) in [5.41, 5.74) is 6.15. The lowest BCUT2D eigenvalue weighted by Gasteiger charge is -2.26. The van der Waals surface area contributed by atoms with Crippen LogP contribution >= 0.6 is 0 Å². The minimum absolute atomic E-state index is 0.0636. The van der Waals surface area contributed by atoms with E-state index >= 15 is 0 Å². The molecule has 4 heterocycles. The van der Waals surface area contributed by atoms with Gasteiger partial charge in [-0.25, -0.2) is 9.67 Å². The molecule has 0 radical (unpaired) electrons. The number of anilines is 1. The number of primary amides is 1. The van der Waals surface area contributed by atoms with Crippen LogP contribution in [0.2, 0.25) is 0 Å². The fourth-order valence-corrected chi connectivity index (χ4v) is 3.65. The molecule has 1 amide bonds. The van der Waals surface area contributed by atoms with Gasteiger partial charge in [-0.2, -0.15) is 8.78 Å². The number of pyridine rings is 2. The van der Waals surface area contributed by atoms with Gasteiger partial charge in [0.2, 0.25) is 5.91 Å². The molecule has 3 aromatic heterocycles. The zero-order valence-electron chi connectivity index (χ0n) is 17.8. The monoisotopic (exact) mass is 446 g/mol. The van der Waals surface area contributed by atoms with Crippen LogP contribution in [-0.4, -0.2) is 65.7 Å². The van der Waals surface area contributed by atoms with Crippen molar-refractivity contribution < 1.29 is 23.0 Å². The molecule has 0 aliphatic carbocycles. The number of nitrogens with zero attached hydrogens (tertiary/aromatic N) is 5. The fraction of sp³-hybridized carbons (Fsp3) is 0.429. The largest absolute Gasteiger partial charge is 0.383 e. The maximum absolute atomic E-state index is 13.9. The lowest BCUT2D eigenvalue weighted by atomic mass is 10.0. The topological polar surface area (TPSA) is 108 Å². The molecule has 2 N–H and O–H groups in total. The third kappa shape index (κ3) is 4.26. The second-order valence-corrected chi connectivity index (χ2v) is 7.64. The fourth-order valence-electron chi connectivity index (χ4n) is 3.65. The highest BCUT2D eigenvalue weighted by molar-refractivity contribution is 5.92. The van der Waals surface area contributed by atoms with Crippen molar-refractivity contribution in [3.8, 4) is 5.82 Å². The zero-order valence-corrected chi connectivity index (χ0v) is 17.8. The number of rotatable bonds is 7. The summed E-state index contributed by atoms with van der Waals surface area (Å²) >= 11 is 0. The van der Waals surface area contributed by atoms with Gasteiger partial charge in [-0.15, -0.1) is 5.10 Å². The molecule has 1 aliphatic rings. The van der Waals surface area contributed by atoms with Gasteiger partial charge in [0.1, 0.15) is 11.6 Å². The number of nitrogens with two attached hydrogens (primary N) is 1. The van der Waals surface area contributed by atoms with Crippen molar-refractivity contribution in [1.29, 1.82) is 0 Å². The average molecular weight is 446 g/mol. The van der Waals surface area contributed by atoms with Crippen molar-refractivity contribution in [3.05, 3.63) is 41.9 Å². The van der Waals surface area contributed by atoms with Gasteiger partial charge < -0.3 is 20.1 Å². The van der Waals surface area contributed by atoms with E-state index in [1.807, 2.05) is 4.90 Å². The molecule has 11 heteroatoms. The van der Waals surface area contributed by atoms with E-state index in [4.69, 9.17) is 15.2 Å². The number of amides is 1. The first-order valence-electron chi connectivity index (χ1n) is 10.1. The van der Waals surface area contributed by atoms with Crippen LogP contribution < -0.4 is 10.6 Å². The van der Waals surface area contributed by atoms with Gasteiger partial charge in [0.15, 0.2) is 11.6 Å². The average Bonchev–Trinajstić information content (AvgIpc) is 3.16. The Kier molecular flexibility index (Phi) is 6.02. The summed E-state index contributed by atoms with van der Waals surface area (Å²) in [5.74, 6) is -3.58. The summed E-state index contributed by atoms with van der Waals surface area (Å²) in [6.45, 7) is 3.21. The minimum Gasteiger partial charge on any atom is -0.383 e. The molecule has 9 nitrogen and oxygen atoms in total. The molecule has 1 saturated heterocycles. The molecule has 1 fully saturated rings. The number of carbonyl (C=O) groups excluding carboxylic acids is 1. The number of alkyl halides is 2. The summed E-state index contributed by atoms with van der Waals surface area (Å²) in [4.78, 5) is 22.6. The van der Waals surface area contributed by atoms with E-state index in [0.717, 1.165) is 6.92 Å². The summed E-state index contributed by atoms with van der Waals surface area (Å²) in [6, 6.07) is 6.06. The Labute approximate surface area is 183 Å². The molecule has 4 rings (SSSR count). The summed E-state index contributed by atoms with van der Waals surface area (Å²) in [6.07, 6.45) is 1.61. The third-order valence-corrected chi connectivity index (χ3v) is 5.31. The quantitative estimate of drug-likeness (QED) is 0.591. The molecule has 0 aromatic carbocycles. The Morgan fingerprint density at radius 1 is 1.34 bits per heavy atom. The van der Waals surface area contributed by atoms with Crippen molar-refractivity contribution >= 4 is 22.6 Å². The van der Waals surface area contributed by atoms with Crippen molar-refractivity contribution in [2.45, 2.75) is 18.8 Å². The van der Waals surface area contributed by atoms with Gasteiger partial charge in [0, 0.05) is 33.3 Å². The van der Waals surface area contributed by atoms with E-state index in [2.05, 4.69) is 15.1 Å². The Hall–Kier alpha value is -3.18. The van der Waals surface area contributed by atoms with E-state index in [-0.39, 0.29) is 18.1 Å². The van der Waals surface area contributed by atoms with Gasteiger partial charge in [0.05, 0.1) is 36.4 Å². The number of fused-ring (bicyclic) bond motifs is 1. The smallest absolute Gasteiger partial charge is 0.287 e. The number of morpholine rings is 1. The van der Waals surface area contributed by atoms with Gasteiger partial charge in [-0.1, -0.05) is 6.07 Å². The number of aromatic nitrogens is 4. The van der Waals surface area contributed by atoms with Gasteiger partial charge in [0.25, 0.3) is 5.92 Å². The molecule has 1 aliphatic heterocycles. The summed E-state index contributed by atoms with van der Waals surface area (Å²) in [7, 11) is 1.47. The van der Waals surface area contributed by atoms with Gasteiger partial charge in [-0.05, 0) is 18.2 Å². The first-order valence-corrected chi connectivity index (χ1v) is 10.1. The maximum Gasteiger partial charge on any atom is 0.287 e. The van der Waals surface area contributed by atoms with E-state index in [1.54, 1.807) is 18.3 Å². The second kappa shape index (κ2) is 8.75. The standard InChI is InChI=1S/C21H24F2N6O3/c1-21(22,23)17-4-3-5-18(26-17)29-16-10-15(14(12-31-2)19(24)30)25-11-13(16)20(27-29)28-6-8-32-9-7-28/h3-5,10-11,14H,6-9,12H2,1-2H3,(H2,24,30). The van der Waals surface area contributed by atoms with E-state index in [9.17, 15) is 13.6 Å². The Morgan fingerprint density at radius 3 is 2.75 bits per heavy atom. The predicted octanol–water partition coefficient (Wildman–Crippen LogP) is 1.98. The second-order valence-electron chi connectivity index (χ2n) is 7.64. The molecular weight excluding hydrogens is 422 g/mol. The van der Waals surface area contributed by atoms with Crippen LogP contribution in [-0.2, 0) is 20.2 Å². The zero-order chi connectivity index (χ0) is 22.9. The van der Waals surface area contributed by atoms with Crippen LogP contribution in [0.25, 0.3) is 16.7 Å². The maximum atomic E-state index is 13.9. The van der Waals surface area contributed by atoms with Crippen LogP contribution in [0.5, 0.6) is 0 Å². The molecule has 32 heavy (non-hydrogen) atoms. The third-order valence-electron chi connectivity index (χ3n) is 5.31. The van der Waals surface area contributed by atoms with Crippen LogP contribution in [0.4, 0.5) is 14.6 Å². The first-order chi connectivity index (χ1) is 15.3. The number of halogens is 2. The van der Waals surface area contributed by atoms with Crippen LogP contribution in [0.15, 0.2) is 30.5 Å². The highest BCUT2D eigenvalue weighted by Gasteiger charge is 2.28. The lowest BCUT2D eigenvalue weighted by molar-refractivity contribution is -0.120. The SMILES string of the molecule is COCC(C(N)=O)c1cc2c(cn1)c(N1CCOCC1)nn2-c1cccc(C(C)(F)F)n1. The van der Waals surface area contributed by atoms with Gasteiger partial charge in [-0.3, -0.25) is 9.78 Å². The number of carbonyl (C=O) groups is 1. The highest BCUT2D eigenvalue weighted by Crippen LogP contribution is 2.31. The van der Waals surface area contributed by atoms with Crippen molar-refractivity contribution in [2.75, 3.05) is 44.9 Å². The Balaban J connectivity index is 1.90. The van der Waals surface area contributed by atoms with Crippen molar-refractivity contribution in [1.82, 2.24) is 19.7 Å². The molecule has 170 valence electrons. The minimum atomic E-state index is -3.10. The van der Waals surface area contributed by atoms with Crippen LogP contribution in [0.3, 0.4) is 0 Å². The van der Waals surface area contributed by atoms with Crippen LogP contribution in [0.1, 0.15) is 24.2 Å². The number of methoxy groups -OCH3 is 1.